The second kappa shape index (κ2) is 4.18. The van der Waals surface area contributed by atoms with Crippen molar-refractivity contribution in [2.45, 2.75) is 38.6 Å². The predicted octanol–water partition coefficient (Wildman–Crippen LogP) is 2.32. The van der Waals surface area contributed by atoms with Crippen LogP contribution in [0.4, 0.5) is 0 Å². The number of fused-ring (bicyclic) bond motifs is 1. The number of hydrogen-bond acceptors (Lipinski definition) is 2. The molecule has 1 fully saturated rings. The number of amides is 1. The van der Waals surface area contributed by atoms with Gasteiger partial charge in [-0.2, -0.15) is 0 Å². The number of nitrogens with zero attached hydrogens (tertiary/aromatic N) is 1. The fourth-order valence-electron chi connectivity index (χ4n) is 3.44. The monoisotopic (exact) mass is 246 g/mol. The molecule has 1 aromatic rings. The van der Waals surface area contributed by atoms with E-state index in [1.807, 2.05) is 19.1 Å². The van der Waals surface area contributed by atoms with Crippen LogP contribution in [0.15, 0.2) is 24.3 Å². The molecule has 1 aromatic carbocycles. The van der Waals surface area contributed by atoms with E-state index in [-0.39, 0.29) is 22.5 Å². The van der Waals surface area contributed by atoms with E-state index in [4.69, 9.17) is 0 Å². The van der Waals surface area contributed by atoms with Crippen molar-refractivity contribution in [3.63, 3.8) is 0 Å². The smallest absolute Gasteiger partial charge is 0.227 e. The van der Waals surface area contributed by atoms with Crippen molar-refractivity contribution in [2.75, 3.05) is 6.54 Å². The lowest BCUT2D eigenvalue weighted by molar-refractivity contribution is -1.05. The molecule has 96 valence electrons. The molecule has 0 aromatic heterocycles. The van der Waals surface area contributed by atoms with Crippen LogP contribution in [0.3, 0.4) is 0 Å². The summed E-state index contributed by atoms with van der Waals surface area (Å²) >= 11 is 0. The average molecular weight is 246 g/mol. The summed E-state index contributed by atoms with van der Waals surface area (Å²) in [6, 6.07) is 8.29. The van der Waals surface area contributed by atoms with Gasteiger partial charge < -0.3 is 0 Å². The van der Waals surface area contributed by atoms with Crippen molar-refractivity contribution in [2.24, 2.45) is 5.92 Å². The lowest BCUT2D eigenvalue weighted by atomic mass is 10.0. The summed E-state index contributed by atoms with van der Waals surface area (Å²) in [6.45, 7) is 2.57. The number of likely N-dealkylation sites (tertiary alicyclic amines) is 1. The largest absolute Gasteiger partial charge is 0.349 e. The van der Waals surface area contributed by atoms with E-state index in [1.54, 1.807) is 0 Å². The molecule has 3 heteroatoms. The van der Waals surface area contributed by atoms with Gasteiger partial charge in [0.05, 0.1) is 5.92 Å². The molecule has 0 radical (unpaired) electrons. The van der Waals surface area contributed by atoms with E-state index in [2.05, 4.69) is 12.1 Å². The second-order valence-corrected chi connectivity index (χ2v) is 5.75. The molecule has 1 unspecified atom stereocenters. The molecule has 1 aliphatic carbocycles. The highest BCUT2D eigenvalue weighted by Gasteiger charge is 2.49. The van der Waals surface area contributed by atoms with Gasteiger partial charge in [0.2, 0.25) is 0 Å². The van der Waals surface area contributed by atoms with Crippen molar-refractivity contribution in [3.8, 4) is 0 Å². The molecule has 1 saturated heterocycles. The van der Waals surface area contributed by atoms with E-state index >= 15 is 0 Å². The first-order valence-corrected chi connectivity index (χ1v) is 6.83. The average Bonchev–Trinajstić information content (AvgIpc) is 2.94. The topological polar surface area (TPSA) is 37.3 Å². The Morgan fingerprint density at radius 2 is 1.89 bits per heavy atom. The first kappa shape index (κ1) is 11.9. The van der Waals surface area contributed by atoms with Crippen LogP contribution in [0.25, 0.3) is 0 Å². The number of quaternary nitrogens is 1. The number of carbonyl (C=O) groups excluding carboxylic acids is 1. The van der Waals surface area contributed by atoms with Crippen molar-refractivity contribution >= 4 is 5.91 Å². The van der Waals surface area contributed by atoms with Crippen LogP contribution in [0.5, 0.6) is 0 Å². The van der Waals surface area contributed by atoms with E-state index < -0.39 is 0 Å². The molecule has 1 N–H and O–H groups in total. The standard InChI is InChI=1S/C15H20NO2/c1-11-5-4-8-16(11,18)15(17)14-9-12-6-2-3-7-13(12)10-14/h2-3,6-7,11,14,18H,4-5,8-10H2,1H3/q+1/t11-,16?/m1/s1. The van der Waals surface area contributed by atoms with Gasteiger partial charge in [0.15, 0.2) is 0 Å². The Balaban J connectivity index is 1.80. The van der Waals surface area contributed by atoms with Gasteiger partial charge in [0.1, 0.15) is 12.6 Å². The molecular formula is C15H20NO2+. The summed E-state index contributed by atoms with van der Waals surface area (Å²) < 4.78 is -0.335. The minimum atomic E-state index is -0.335. The molecule has 2 atom stereocenters. The maximum absolute atomic E-state index is 12.6. The Bertz CT molecular complexity index is 460. The van der Waals surface area contributed by atoms with E-state index in [1.165, 1.54) is 11.1 Å². The van der Waals surface area contributed by atoms with Crippen LogP contribution in [-0.2, 0) is 17.6 Å². The van der Waals surface area contributed by atoms with Crippen LogP contribution in [0, 0.1) is 5.92 Å². The second-order valence-electron chi connectivity index (χ2n) is 5.75. The van der Waals surface area contributed by atoms with Gasteiger partial charge in [0.25, 0.3) is 0 Å². The summed E-state index contributed by atoms with van der Waals surface area (Å²) in [6.07, 6.45) is 3.48. The number of benzene rings is 1. The maximum Gasteiger partial charge on any atom is 0.349 e. The van der Waals surface area contributed by atoms with E-state index in [9.17, 15) is 10.0 Å². The third-order valence-corrected chi connectivity index (χ3v) is 4.63. The zero-order valence-electron chi connectivity index (χ0n) is 10.8. The first-order chi connectivity index (χ1) is 8.61. The van der Waals surface area contributed by atoms with Gasteiger partial charge in [-0.15, -0.1) is 4.65 Å². The Labute approximate surface area is 108 Å². The van der Waals surface area contributed by atoms with Gasteiger partial charge in [-0.25, -0.2) is 10.0 Å². The predicted molar refractivity (Wildman–Crippen MR) is 68.0 cm³/mol. The summed E-state index contributed by atoms with van der Waals surface area (Å²) in [5, 5.41) is 10.6. The minimum absolute atomic E-state index is 0.0243. The Hall–Kier alpha value is -1.19. The van der Waals surface area contributed by atoms with Crippen molar-refractivity contribution in [3.05, 3.63) is 35.4 Å². The Kier molecular flexibility index (Phi) is 2.76. The van der Waals surface area contributed by atoms with Gasteiger partial charge >= 0.3 is 5.91 Å². The van der Waals surface area contributed by atoms with E-state index in [0.717, 1.165) is 25.7 Å². The lowest BCUT2D eigenvalue weighted by Crippen LogP contribution is -2.55. The van der Waals surface area contributed by atoms with Crippen LogP contribution >= 0.6 is 0 Å². The number of rotatable bonds is 1. The summed E-state index contributed by atoms with van der Waals surface area (Å²) in [7, 11) is 0. The highest BCUT2D eigenvalue weighted by Crippen LogP contribution is 2.33. The number of hydroxylamine groups is 3. The molecule has 3 rings (SSSR count). The molecule has 1 amide bonds. The quantitative estimate of drug-likeness (QED) is 0.610. The number of carbonyl (C=O) groups is 1. The molecule has 0 bridgehead atoms. The molecule has 0 spiro atoms. The van der Waals surface area contributed by atoms with Gasteiger partial charge in [-0.1, -0.05) is 24.3 Å². The lowest BCUT2D eigenvalue weighted by Gasteiger charge is -2.29. The van der Waals surface area contributed by atoms with Gasteiger partial charge in [0, 0.05) is 12.8 Å². The van der Waals surface area contributed by atoms with Gasteiger partial charge in [-0.05, 0) is 30.9 Å². The third kappa shape index (κ3) is 1.70. The highest BCUT2D eigenvalue weighted by molar-refractivity contribution is 5.74. The summed E-state index contributed by atoms with van der Waals surface area (Å²) in [4.78, 5) is 12.6. The van der Waals surface area contributed by atoms with Crippen LogP contribution in [-0.4, -0.2) is 28.3 Å². The number of hydrogen-bond donors (Lipinski definition) is 1. The Morgan fingerprint density at radius 1 is 1.28 bits per heavy atom. The van der Waals surface area contributed by atoms with Crippen molar-refractivity contribution in [1.82, 2.24) is 0 Å². The van der Waals surface area contributed by atoms with Gasteiger partial charge in [-0.3, -0.25) is 0 Å². The third-order valence-electron chi connectivity index (χ3n) is 4.63. The molecular weight excluding hydrogens is 226 g/mol. The fraction of sp³-hybridized carbons (Fsp3) is 0.533. The first-order valence-electron chi connectivity index (χ1n) is 6.83. The van der Waals surface area contributed by atoms with Crippen LogP contribution < -0.4 is 0 Å². The molecule has 2 aliphatic rings. The van der Waals surface area contributed by atoms with Crippen LogP contribution in [0.1, 0.15) is 30.9 Å². The highest BCUT2D eigenvalue weighted by atomic mass is 16.6. The van der Waals surface area contributed by atoms with E-state index in [0.29, 0.717) is 6.54 Å². The summed E-state index contributed by atoms with van der Waals surface area (Å²) in [5.41, 5.74) is 2.55. The molecule has 1 heterocycles. The normalized spacial score (nSPS) is 31.6. The van der Waals surface area contributed by atoms with Crippen molar-refractivity contribution in [1.29, 1.82) is 0 Å². The minimum Gasteiger partial charge on any atom is -0.227 e. The molecule has 1 aliphatic heterocycles. The van der Waals surface area contributed by atoms with Crippen molar-refractivity contribution < 1.29 is 14.6 Å². The maximum atomic E-state index is 12.6. The van der Waals surface area contributed by atoms with Crippen LogP contribution in [0.2, 0.25) is 0 Å². The zero-order chi connectivity index (χ0) is 12.8. The fourth-order valence-corrected chi connectivity index (χ4v) is 3.44. The zero-order valence-corrected chi connectivity index (χ0v) is 10.8. The molecule has 3 nitrogen and oxygen atoms in total. The molecule has 18 heavy (non-hydrogen) atoms. The SMILES string of the molecule is C[C@@H]1CCC[N+]1(O)C(=O)C1Cc2ccccc2C1. The molecule has 0 saturated carbocycles. The summed E-state index contributed by atoms with van der Waals surface area (Å²) in [5.74, 6) is -0.0100. The Morgan fingerprint density at radius 3 is 2.39 bits per heavy atom.